The summed E-state index contributed by atoms with van der Waals surface area (Å²) >= 11 is 0. The van der Waals surface area contributed by atoms with Crippen molar-refractivity contribution in [3.05, 3.63) is 24.3 Å². The van der Waals surface area contributed by atoms with Gasteiger partial charge in [0, 0.05) is 12.8 Å². The highest BCUT2D eigenvalue weighted by atomic mass is 16.5. The van der Waals surface area contributed by atoms with E-state index in [0.29, 0.717) is 25.9 Å². The molecule has 0 aromatic heterocycles. The molecule has 0 fully saturated rings. The van der Waals surface area contributed by atoms with E-state index in [9.17, 15) is 19.8 Å². The van der Waals surface area contributed by atoms with Gasteiger partial charge in [0.2, 0.25) is 5.91 Å². The standard InChI is InChI=1S/C60H115NO5/c1-3-5-7-9-11-13-15-16-17-18-19-20-21-22-23-24-26-29-33-36-40-44-48-52-58(63)57(56-62)61-59(64)53-49-45-41-37-34-30-27-25-28-31-35-39-43-47-51-55-66-60(65)54-50-46-42-38-32-14-12-10-8-6-4-2/h25,28,31,35,57-58,62-63H,3-24,26-27,29-30,32-34,36-56H2,1-2H3,(H,61,64)/b28-25-,35-31-. The van der Waals surface area contributed by atoms with E-state index in [2.05, 4.69) is 43.5 Å². The molecule has 0 heterocycles. The van der Waals surface area contributed by atoms with E-state index in [1.165, 1.54) is 212 Å². The molecule has 0 aromatic rings. The Morgan fingerprint density at radius 1 is 0.424 bits per heavy atom. The number of amides is 1. The van der Waals surface area contributed by atoms with Crippen LogP contribution in [-0.4, -0.2) is 47.4 Å². The van der Waals surface area contributed by atoms with Crippen molar-refractivity contribution in [3.63, 3.8) is 0 Å². The molecule has 0 radical (unpaired) electrons. The summed E-state index contributed by atoms with van der Waals surface area (Å²) < 4.78 is 5.43. The van der Waals surface area contributed by atoms with E-state index >= 15 is 0 Å². The molecule has 6 heteroatoms. The molecule has 6 nitrogen and oxygen atoms in total. The fourth-order valence-electron chi connectivity index (χ4n) is 9.22. The van der Waals surface area contributed by atoms with Gasteiger partial charge >= 0.3 is 5.97 Å². The van der Waals surface area contributed by atoms with Gasteiger partial charge in [0.1, 0.15) is 0 Å². The number of hydrogen-bond donors (Lipinski definition) is 3. The second kappa shape index (κ2) is 55.9. The summed E-state index contributed by atoms with van der Waals surface area (Å²) in [4.78, 5) is 24.5. The van der Waals surface area contributed by atoms with Gasteiger partial charge in [-0.2, -0.15) is 0 Å². The zero-order chi connectivity index (χ0) is 47.9. The molecular formula is C60H115NO5. The van der Waals surface area contributed by atoms with Gasteiger partial charge in [-0.15, -0.1) is 0 Å². The Bertz CT molecular complexity index is 1030. The van der Waals surface area contributed by atoms with Crippen molar-refractivity contribution in [2.75, 3.05) is 13.2 Å². The molecule has 0 saturated heterocycles. The quantitative estimate of drug-likeness (QED) is 0.0321. The molecule has 0 rings (SSSR count). The predicted molar refractivity (Wildman–Crippen MR) is 287 cm³/mol. The second-order valence-corrected chi connectivity index (χ2v) is 20.4. The Labute approximate surface area is 411 Å². The van der Waals surface area contributed by atoms with Crippen LogP contribution in [0.2, 0.25) is 0 Å². The highest BCUT2D eigenvalue weighted by Crippen LogP contribution is 2.18. The third-order valence-corrected chi connectivity index (χ3v) is 13.8. The van der Waals surface area contributed by atoms with Crippen LogP contribution in [0.1, 0.15) is 322 Å². The number of rotatable bonds is 55. The first-order valence-corrected chi connectivity index (χ1v) is 29.6. The van der Waals surface area contributed by atoms with E-state index in [-0.39, 0.29) is 18.5 Å². The molecule has 66 heavy (non-hydrogen) atoms. The Hall–Kier alpha value is -1.66. The molecule has 3 N–H and O–H groups in total. The molecule has 0 saturated carbocycles. The molecule has 0 aliphatic carbocycles. The first-order valence-electron chi connectivity index (χ1n) is 29.6. The summed E-state index contributed by atoms with van der Waals surface area (Å²) in [6, 6.07) is -0.559. The van der Waals surface area contributed by atoms with Gasteiger partial charge < -0.3 is 20.3 Å². The van der Waals surface area contributed by atoms with Crippen LogP contribution >= 0.6 is 0 Å². The zero-order valence-electron chi connectivity index (χ0n) is 44.4. The summed E-state index contributed by atoms with van der Waals surface area (Å²) in [6.45, 7) is 4.91. The first-order chi connectivity index (χ1) is 32.5. The van der Waals surface area contributed by atoms with Crippen LogP contribution in [-0.2, 0) is 14.3 Å². The number of allylic oxidation sites excluding steroid dienone is 4. The Balaban J connectivity index is 3.50. The van der Waals surface area contributed by atoms with Crippen molar-refractivity contribution < 1.29 is 24.5 Å². The lowest BCUT2D eigenvalue weighted by molar-refractivity contribution is -0.143. The molecule has 1 amide bonds. The minimum Gasteiger partial charge on any atom is -0.466 e. The van der Waals surface area contributed by atoms with Crippen molar-refractivity contribution in [3.8, 4) is 0 Å². The van der Waals surface area contributed by atoms with E-state index in [4.69, 9.17) is 4.74 Å². The van der Waals surface area contributed by atoms with E-state index in [1.807, 2.05) is 0 Å². The molecule has 0 spiro atoms. The fraction of sp³-hybridized carbons (Fsp3) is 0.900. The largest absolute Gasteiger partial charge is 0.466 e. The fourth-order valence-corrected chi connectivity index (χ4v) is 9.22. The van der Waals surface area contributed by atoms with Crippen molar-refractivity contribution in [1.82, 2.24) is 5.32 Å². The van der Waals surface area contributed by atoms with Gasteiger partial charge in [0.15, 0.2) is 0 Å². The van der Waals surface area contributed by atoms with E-state index in [0.717, 1.165) is 77.0 Å². The minimum atomic E-state index is -0.679. The highest BCUT2D eigenvalue weighted by Gasteiger charge is 2.20. The molecule has 0 aromatic carbocycles. The molecule has 2 atom stereocenters. The van der Waals surface area contributed by atoms with Crippen LogP contribution in [0.25, 0.3) is 0 Å². The van der Waals surface area contributed by atoms with Crippen LogP contribution in [0.4, 0.5) is 0 Å². The summed E-state index contributed by atoms with van der Waals surface area (Å²) in [5.74, 6) is -0.0756. The van der Waals surface area contributed by atoms with Gasteiger partial charge in [0.25, 0.3) is 0 Å². The molecule has 390 valence electrons. The maximum atomic E-state index is 12.5. The van der Waals surface area contributed by atoms with Gasteiger partial charge in [-0.1, -0.05) is 276 Å². The average molecular weight is 931 g/mol. The smallest absolute Gasteiger partial charge is 0.305 e. The summed E-state index contributed by atoms with van der Waals surface area (Å²) in [6.07, 6.45) is 67.5. The van der Waals surface area contributed by atoms with Crippen molar-refractivity contribution in [2.45, 2.75) is 334 Å². The molecule has 2 unspecified atom stereocenters. The maximum Gasteiger partial charge on any atom is 0.305 e. The number of carbonyl (C=O) groups excluding carboxylic acids is 2. The van der Waals surface area contributed by atoms with Crippen LogP contribution in [0.3, 0.4) is 0 Å². The van der Waals surface area contributed by atoms with E-state index < -0.39 is 12.1 Å². The SMILES string of the molecule is CCCCCCCCCCCCCCCCCCCCCCCCCC(O)C(CO)NC(=O)CCCCCCCC/C=C\C=C/CCCCCOC(=O)CCCCCCCCCCCCC. The summed E-state index contributed by atoms with van der Waals surface area (Å²) in [5.41, 5.74) is 0. The number of unbranched alkanes of at least 4 members (excludes halogenated alkanes) is 41. The molecule has 0 bridgehead atoms. The number of carbonyl (C=O) groups is 2. The van der Waals surface area contributed by atoms with Gasteiger partial charge in [-0.25, -0.2) is 0 Å². The number of hydrogen-bond acceptors (Lipinski definition) is 5. The predicted octanol–water partition coefficient (Wildman–Crippen LogP) is 18.2. The Morgan fingerprint density at radius 3 is 1.12 bits per heavy atom. The normalized spacial score (nSPS) is 12.7. The number of esters is 1. The van der Waals surface area contributed by atoms with Crippen LogP contribution in [0, 0.1) is 0 Å². The third-order valence-electron chi connectivity index (χ3n) is 13.8. The average Bonchev–Trinajstić information content (AvgIpc) is 3.32. The molecule has 0 aliphatic heterocycles. The number of aliphatic hydroxyl groups is 2. The topological polar surface area (TPSA) is 95.9 Å². The van der Waals surface area contributed by atoms with E-state index in [1.54, 1.807) is 0 Å². The Kier molecular flexibility index (Phi) is 54.5. The lowest BCUT2D eigenvalue weighted by Gasteiger charge is -2.22. The number of aliphatic hydroxyl groups excluding tert-OH is 2. The number of nitrogens with one attached hydrogen (secondary N) is 1. The maximum absolute atomic E-state index is 12.5. The summed E-state index contributed by atoms with van der Waals surface area (Å²) in [7, 11) is 0. The van der Waals surface area contributed by atoms with Crippen LogP contribution in [0.5, 0.6) is 0 Å². The van der Waals surface area contributed by atoms with Crippen molar-refractivity contribution >= 4 is 11.9 Å². The van der Waals surface area contributed by atoms with Gasteiger partial charge in [-0.05, 0) is 57.8 Å². The third kappa shape index (κ3) is 51.7. The lowest BCUT2D eigenvalue weighted by Crippen LogP contribution is -2.45. The second-order valence-electron chi connectivity index (χ2n) is 20.4. The summed E-state index contributed by atoms with van der Waals surface area (Å²) in [5, 5.41) is 23.3. The monoisotopic (exact) mass is 930 g/mol. The first kappa shape index (κ1) is 64.3. The molecular weight excluding hydrogens is 815 g/mol. The van der Waals surface area contributed by atoms with Crippen LogP contribution < -0.4 is 5.32 Å². The van der Waals surface area contributed by atoms with Gasteiger partial charge in [0.05, 0.1) is 25.4 Å². The Morgan fingerprint density at radius 2 is 0.742 bits per heavy atom. The number of ether oxygens (including phenoxy) is 1. The minimum absolute atomic E-state index is 0.0214. The van der Waals surface area contributed by atoms with Crippen molar-refractivity contribution in [2.24, 2.45) is 0 Å². The lowest BCUT2D eigenvalue weighted by atomic mass is 10.0. The zero-order valence-corrected chi connectivity index (χ0v) is 44.4. The molecule has 0 aliphatic rings. The van der Waals surface area contributed by atoms with Crippen LogP contribution in [0.15, 0.2) is 24.3 Å². The van der Waals surface area contributed by atoms with Gasteiger partial charge in [-0.3, -0.25) is 9.59 Å². The van der Waals surface area contributed by atoms with Crippen molar-refractivity contribution in [1.29, 1.82) is 0 Å². The highest BCUT2D eigenvalue weighted by molar-refractivity contribution is 5.76.